The molecule has 0 fully saturated rings. The molecule has 0 saturated heterocycles. The van der Waals surface area contributed by atoms with E-state index in [1.165, 1.54) is 32.3 Å². The van der Waals surface area contributed by atoms with Crippen LogP contribution in [0.3, 0.4) is 0 Å². The van der Waals surface area contributed by atoms with E-state index in [0.717, 1.165) is 4.31 Å². The van der Waals surface area contributed by atoms with Gasteiger partial charge in [0.15, 0.2) is 0 Å². The van der Waals surface area contributed by atoms with Crippen LogP contribution in [0.15, 0.2) is 57.9 Å². The van der Waals surface area contributed by atoms with Crippen molar-refractivity contribution in [3.05, 3.63) is 58.6 Å². The van der Waals surface area contributed by atoms with Gasteiger partial charge in [-0.25, -0.2) is 17.5 Å². The van der Waals surface area contributed by atoms with Gasteiger partial charge in [0.25, 0.3) is 0 Å². The van der Waals surface area contributed by atoms with Crippen molar-refractivity contribution in [3.8, 4) is 5.75 Å². The first-order chi connectivity index (χ1) is 10.3. The van der Waals surface area contributed by atoms with Crippen LogP contribution in [-0.2, 0) is 10.0 Å². The topological polar surface area (TPSA) is 63.7 Å². The molecule has 0 unspecified atom stereocenters. The number of sulfonamides is 1. The first kappa shape index (κ1) is 16.7. The van der Waals surface area contributed by atoms with Crippen LogP contribution in [-0.4, -0.2) is 32.8 Å². The Labute approximate surface area is 137 Å². The summed E-state index contributed by atoms with van der Waals surface area (Å²) in [4.78, 5) is 12.1. The molecule has 22 heavy (non-hydrogen) atoms. The van der Waals surface area contributed by atoms with Crippen LogP contribution in [0, 0.1) is 0 Å². The Morgan fingerprint density at radius 2 is 1.73 bits per heavy atom. The zero-order valence-corrected chi connectivity index (χ0v) is 14.4. The van der Waals surface area contributed by atoms with Gasteiger partial charge in [-0.1, -0.05) is 18.2 Å². The van der Waals surface area contributed by atoms with Crippen LogP contribution in [0.25, 0.3) is 0 Å². The molecule has 0 heterocycles. The SMILES string of the molecule is CN(C)S(=O)(=O)c1cc(C(=O)Oc2ccccc2)ccc1Br. The van der Waals surface area contributed by atoms with E-state index in [4.69, 9.17) is 4.74 Å². The number of halogens is 1. The summed E-state index contributed by atoms with van der Waals surface area (Å²) in [6.45, 7) is 0. The van der Waals surface area contributed by atoms with Gasteiger partial charge >= 0.3 is 5.97 Å². The van der Waals surface area contributed by atoms with Gasteiger partial charge in [-0.2, -0.15) is 0 Å². The van der Waals surface area contributed by atoms with Gasteiger partial charge in [0.05, 0.1) is 10.5 Å². The van der Waals surface area contributed by atoms with Gasteiger partial charge in [0.1, 0.15) is 5.75 Å². The summed E-state index contributed by atoms with van der Waals surface area (Å²) in [6, 6.07) is 12.9. The maximum atomic E-state index is 12.2. The lowest BCUT2D eigenvalue weighted by Gasteiger charge is -2.13. The Morgan fingerprint density at radius 3 is 2.32 bits per heavy atom. The molecule has 0 atom stereocenters. The number of esters is 1. The fraction of sp³-hybridized carbons (Fsp3) is 0.133. The molecule has 0 aliphatic rings. The minimum absolute atomic E-state index is 0.0139. The average Bonchev–Trinajstić information content (AvgIpc) is 2.48. The molecular weight excluding hydrogens is 370 g/mol. The summed E-state index contributed by atoms with van der Waals surface area (Å²) in [6.07, 6.45) is 0. The zero-order valence-electron chi connectivity index (χ0n) is 12.0. The fourth-order valence-electron chi connectivity index (χ4n) is 1.68. The standard InChI is InChI=1S/C15H14BrNO4S/c1-17(2)22(19,20)14-10-11(8-9-13(14)16)15(18)21-12-6-4-3-5-7-12/h3-10H,1-2H3. The van der Waals surface area contributed by atoms with Gasteiger partial charge in [-0.15, -0.1) is 0 Å². The highest BCUT2D eigenvalue weighted by Crippen LogP contribution is 2.25. The van der Waals surface area contributed by atoms with Crippen LogP contribution in [0.1, 0.15) is 10.4 Å². The number of hydrogen-bond donors (Lipinski definition) is 0. The van der Waals surface area contributed by atoms with Gasteiger partial charge in [-0.3, -0.25) is 0 Å². The second-order valence-electron chi connectivity index (χ2n) is 4.64. The highest BCUT2D eigenvalue weighted by molar-refractivity contribution is 9.10. The molecule has 0 aromatic heterocycles. The van der Waals surface area contributed by atoms with Crippen molar-refractivity contribution in [3.63, 3.8) is 0 Å². The molecule has 2 aromatic rings. The van der Waals surface area contributed by atoms with Crippen molar-refractivity contribution in [2.75, 3.05) is 14.1 Å². The number of para-hydroxylation sites is 1. The number of hydrogen-bond acceptors (Lipinski definition) is 4. The minimum Gasteiger partial charge on any atom is -0.423 e. The van der Waals surface area contributed by atoms with Gasteiger partial charge in [0, 0.05) is 18.6 Å². The van der Waals surface area contributed by atoms with Crippen LogP contribution in [0.4, 0.5) is 0 Å². The first-order valence-corrected chi connectivity index (χ1v) is 8.55. The third kappa shape index (κ3) is 3.55. The second kappa shape index (κ2) is 6.60. The Morgan fingerprint density at radius 1 is 1.09 bits per heavy atom. The van der Waals surface area contributed by atoms with E-state index >= 15 is 0 Å². The number of ether oxygens (including phenoxy) is 1. The highest BCUT2D eigenvalue weighted by atomic mass is 79.9. The fourth-order valence-corrected chi connectivity index (χ4v) is 3.52. The van der Waals surface area contributed by atoms with Crippen molar-refractivity contribution in [2.24, 2.45) is 0 Å². The van der Waals surface area contributed by atoms with Crippen molar-refractivity contribution in [2.45, 2.75) is 4.90 Å². The van der Waals surface area contributed by atoms with E-state index in [1.54, 1.807) is 30.3 Å². The number of carbonyl (C=O) groups is 1. The summed E-state index contributed by atoms with van der Waals surface area (Å²) < 4.78 is 31.1. The molecule has 0 spiro atoms. The maximum Gasteiger partial charge on any atom is 0.343 e. The second-order valence-corrected chi connectivity index (χ2v) is 7.61. The van der Waals surface area contributed by atoms with E-state index in [1.807, 2.05) is 0 Å². The molecule has 0 aliphatic carbocycles. The first-order valence-electron chi connectivity index (χ1n) is 6.31. The highest BCUT2D eigenvalue weighted by Gasteiger charge is 2.22. The molecule has 0 radical (unpaired) electrons. The zero-order chi connectivity index (χ0) is 16.3. The molecule has 0 amide bonds. The molecule has 7 heteroatoms. The number of rotatable bonds is 4. The average molecular weight is 384 g/mol. The molecule has 116 valence electrons. The van der Waals surface area contributed by atoms with E-state index in [0.29, 0.717) is 10.2 Å². The lowest BCUT2D eigenvalue weighted by Crippen LogP contribution is -2.23. The predicted molar refractivity (Wildman–Crippen MR) is 86.4 cm³/mol. The van der Waals surface area contributed by atoms with Crippen LogP contribution in [0.5, 0.6) is 5.75 Å². The molecule has 0 aliphatic heterocycles. The van der Waals surface area contributed by atoms with Crippen LogP contribution >= 0.6 is 15.9 Å². The Hall–Kier alpha value is -1.70. The summed E-state index contributed by atoms with van der Waals surface area (Å²) >= 11 is 3.19. The Balaban J connectivity index is 2.36. The molecule has 2 aromatic carbocycles. The molecule has 2 rings (SSSR count). The quantitative estimate of drug-likeness (QED) is 0.601. The lowest BCUT2D eigenvalue weighted by atomic mass is 10.2. The molecular formula is C15H14BrNO4S. The molecule has 5 nitrogen and oxygen atoms in total. The number of carbonyl (C=O) groups excluding carboxylic acids is 1. The number of benzene rings is 2. The third-order valence-corrected chi connectivity index (χ3v) is 5.69. The predicted octanol–water partition coefficient (Wildman–Crippen LogP) is 2.92. The largest absolute Gasteiger partial charge is 0.423 e. The van der Waals surface area contributed by atoms with Crippen LogP contribution < -0.4 is 4.74 Å². The monoisotopic (exact) mass is 383 g/mol. The van der Waals surface area contributed by atoms with E-state index < -0.39 is 16.0 Å². The maximum absolute atomic E-state index is 12.2. The molecule has 0 N–H and O–H groups in total. The summed E-state index contributed by atoms with van der Waals surface area (Å²) in [5.41, 5.74) is 0.160. The minimum atomic E-state index is -3.66. The summed E-state index contributed by atoms with van der Waals surface area (Å²) in [5, 5.41) is 0. The summed E-state index contributed by atoms with van der Waals surface area (Å²) in [5.74, 6) is -0.221. The molecule has 0 saturated carbocycles. The Bertz CT molecular complexity index is 788. The van der Waals surface area contributed by atoms with Gasteiger partial charge < -0.3 is 4.74 Å². The normalized spacial score (nSPS) is 11.5. The van der Waals surface area contributed by atoms with E-state index in [9.17, 15) is 13.2 Å². The Kier molecular flexibility index (Phi) is 5.00. The van der Waals surface area contributed by atoms with Crippen molar-refractivity contribution >= 4 is 31.9 Å². The van der Waals surface area contributed by atoms with Gasteiger partial charge in [-0.05, 0) is 46.3 Å². The van der Waals surface area contributed by atoms with E-state index in [2.05, 4.69) is 15.9 Å². The third-order valence-electron chi connectivity index (χ3n) is 2.88. The summed E-state index contributed by atoms with van der Waals surface area (Å²) in [7, 11) is -0.803. The lowest BCUT2D eigenvalue weighted by molar-refractivity contribution is 0.0734. The van der Waals surface area contributed by atoms with Crippen LogP contribution in [0.2, 0.25) is 0 Å². The van der Waals surface area contributed by atoms with E-state index in [-0.39, 0.29) is 10.5 Å². The van der Waals surface area contributed by atoms with Crippen molar-refractivity contribution in [1.82, 2.24) is 4.31 Å². The van der Waals surface area contributed by atoms with Crippen molar-refractivity contribution < 1.29 is 17.9 Å². The number of nitrogens with zero attached hydrogens (tertiary/aromatic N) is 1. The molecule has 0 bridgehead atoms. The van der Waals surface area contributed by atoms with Gasteiger partial charge in [0.2, 0.25) is 10.0 Å². The smallest absolute Gasteiger partial charge is 0.343 e. The van der Waals surface area contributed by atoms with Crippen molar-refractivity contribution in [1.29, 1.82) is 0 Å².